The molecule has 26 heavy (non-hydrogen) atoms. The average Bonchev–Trinajstić information content (AvgIpc) is 2.59. The number of carbonyl (C=O) groups excluding carboxylic acids is 1. The number of rotatable bonds is 8. The lowest BCUT2D eigenvalue weighted by molar-refractivity contribution is -0.137. The highest BCUT2D eigenvalue weighted by atomic mass is 19.4. The maximum atomic E-state index is 12.6. The lowest BCUT2D eigenvalue weighted by Gasteiger charge is -2.11. The molecule has 4 nitrogen and oxygen atoms in total. The number of carbonyl (C=O) groups is 1. The fourth-order valence-electron chi connectivity index (χ4n) is 2.26. The molecule has 1 amide bonds. The van der Waals surface area contributed by atoms with Crippen LogP contribution in [0.4, 0.5) is 18.9 Å². The predicted molar refractivity (Wildman–Crippen MR) is 93.7 cm³/mol. The van der Waals surface area contributed by atoms with Crippen LogP contribution in [0.1, 0.15) is 30.4 Å². The second-order valence-electron chi connectivity index (χ2n) is 5.87. The fraction of sp³-hybridized carbons (Fsp3) is 0.316. The highest BCUT2D eigenvalue weighted by Crippen LogP contribution is 2.30. The molecule has 2 rings (SSSR count). The normalized spacial score (nSPS) is 11.1. The lowest BCUT2D eigenvalue weighted by atomic mass is 10.2. The average molecular weight is 366 g/mol. The maximum absolute atomic E-state index is 12.6. The van der Waals surface area contributed by atoms with Crippen molar-refractivity contribution in [3.05, 3.63) is 59.7 Å². The molecule has 0 heterocycles. The van der Waals surface area contributed by atoms with E-state index in [2.05, 4.69) is 10.9 Å². The number of alkyl halides is 3. The predicted octanol–water partition coefficient (Wildman–Crippen LogP) is 4.71. The topological polar surface area (TPSA) is 50.4 Å². The van der Waals surface area contributed by atoms with Gasteiger partial charge in [0.25, 0.3) is 0 Å². The molecule has 140 valence electrons. The molecule has 0 bridgehead atoms. The second kappa shape index (κ2) is 9.12. The Labute approximate surface area is 150 Å². The number of halogens is 3. The zero-order valence-electron chi connectivity index (χ0n) is 14.4. The van der Waals surface area contributed by atoms with Crippen LogP contribution in [0, 0.1) is 6.92 Å². The molecule has 2 aromatic carbocycles. The van der Waals surface area contributed by atoms with Gasteiger partial charge in [0.05, 0.1) is 17.9 Å². The first-order valence-corrected chi connectivity index (χ1v) is 8.26. The van der Waals surface area contributed by atoms with Crippen LogP contribution in [-0.2, 0) is 11.0 Å². The Balaban J connectivity index is 1.65. The van der Waals surface area contributed by atoms with Gasteiger partial charge in [-0.15, -0.1) is 0 Å². The first-order chi connectivity index (χ1) is 12.3. The summed E-state index contributed by atoms with van der Waals surface area (Å²) in [6.07, 6.45) is -2.85. The summed E-state index contributed by atoms with van der Waals surface area (Å²) < 4.78 is 43.5. The van der Waals surface area contributed by atoms with Gasteiger partial charge in [0.2, 0.25) is 5.91 Å². The van der Waals surface area contributed by atoms with Gasteiger partial charge in [-0.1, -0.05) is 18.2 Å². The molecular formula is C19H21F3N2O2. The number of anilines is 1. The maximum Gasteiger partial charge on any atom is 0.416 e. The lowest BCUT2D eigenvalue weighted by Crippen LogP contribution is -2.29. The minimum absolute atomic E-state index is 0.177. The number of ether oxygens (including phenoxy) is 1. The van der Waals surface area contributed by atoms with E-state index >= 15 is 0 Å². The Morgan fingerprint density at radius 2 is 1.85 bits per heavy atom. The molecule has 0 aliphatic rings. The van der Waals surface area contributed by atoms with Gasteiger partial charge < -0.3 is 4.74 Å². The summed E-state index contributed by atoms with van der Waals surface area (Å²) in [5, 5.41) is 0. The molecule has 0 aliphatic carbocycles. The standard InChI is InChI=1S/C19H21F3N2O2/c1-14-6-4-9-17(12-14)26-11-3-2-10-18(25)24-23-16-8-5-7-15(13-16)19(20,21)22/h4-9,12-13,23H,2-3,10-11H2,1H3,(H,24,25). The van der Waals surface area contributed by atoms with Crippen LogP contribution >= 0.6 is 0 Å². The van der Waals surface area contributed by atoms with Crippen molar-refractivity contribution in [2.24, 2.45) is 0 Å². The van der Waals surface area contributed by atoms with E-state index < -0.39 is 11.7 Å². The van der Waals surface area contributed by atoms with Gasteiger partial charge in [0, 0.05) is 6.42 Å². The second-order valence-corrected chi connectivity index (χ2v) is 5.87. The molecule has 0 aromatic heterocycles. The summed E-state index contributed by atoms with van der Waals surface area (Å²) in [6.45, 7) is 2.48. The van der Waals surface area contributed by atoms with Crippen molar-refractivity contribution in [3.8, 4) is 5.75 Å². The van der Waals surface area contributed by atoms with E-state index in [0.717, 1.165) is 23.4 Å². The van der Waals surface area contributed by atoms with Crippen LogP contribution in [0.15, 0.2) is 48.5 Å². The van der Waals surface area contributed by atoms with E-state index in [4.69, 9.17) is 4.74 Å². The Hall–Kier alpha value is -2.70. The molecule has 7 heteroatoms. The molecule has 0 saturated heterocycles. The largest absolute Gasteiger partial charge is 0.494 e. The van der Waals surface area contributed by atoms with Gasteiger partial charge in [-0.05, 0) is 55.7 Å². The summed E-state index contributed by atoms with van der Waals surface area (Å²) in [4.78, 5) is 11.7. The van der Waals surface area contributed by atoms with Crippen molar-refractivity contribution in [2.75, 3.05) is 12.0 Å². The van der Waals surface area contributed by atoms with Crippen LogP contribution < -0.4 is 15.6 Å². The first-order valence-electron chi connectivity index (χ1n) is 8.26. The Bertz CT molecular complexity index is 733. The SMILES string of the molecule is Cc1cccc(OCCCCC(=O)NNc2cccc(C(F)(F)F)c2)c1. The van der Waals surface area contributed by atoms with Gasteiger partial charge in [0.15, 0.2) is 0 Å². The van der Waals surface area contributed by atoms with Gasteiger partial charge in [-0.25, -0.2) is 0 Å². The van der Waals surface area contributed by atoms with E-state index in [9.17, 15) is 18.0 Å². The third-order valence-electron chi connectivity index (χ3n) is 3.59. The molecule has 0 aliphatic heterocycles. The Morgan fingerprint density at radius 3 is 2.58 bits per heavy atom. The molecular weight excluding hydrogens is 345 g/mol. The smallest absolute Gasteiger partial charge is 0.416 e. The summed E-state index contributed by atoms with van der Waals surface area (Å²) in [6, 6.07) is 12.3. The molecule has 0 saturated carbocycles. The van der Waals surface area contributed by atoms with Crippen molar-refractivity contribution >= 4 is 11.6 Å². The number of amides is 1. The van der Waals surface area contributed by atoms with Crippen molar-refractivity contribution in [1.82, 2.24) is 5.43 Å². The van der Waals surface area contributed by atoms with Gasteiger partial charge in [-0.3, -0.25) is 15.6 Å². The van der Waals surface area contributed by atoms with E-state index in [1.54, 1.807) is 0 Å². The number of nitrogens with one attached hydrogen (secondary N) is 2. The van der Waals surface area contributed by atoms with Crippen molar-refractivity contribution < 1.29 is 22.7 Å². The number of aryl methyl sites for hydroxylation is 1. The molecule has 0 atom stereocenters. The minimum atomic E-state index is -4.42. The third kappa shape index (κ3) is 6.66. The van der Waals surface area contributed by atoms with Gasteiger partial charge in [-0.2, -0.15) is 13.2 Å². The zero-order valence-corrected chi connectivity index (χ0v) is 14.4. The Kier molecular flexibility index (Phi) is 6.89. The molecule has 0 unspecified atom stereocenters. The van der Waals surface area contributed by atoms with Crippen LogP contribution in [0.25, 0.3) is 0 Å². The Morgan fingerprint density at radius 1 is 1.08 bits per heavy atom. The molecule has 0 fully saturated rings. The third-order valence-corrected chi connectivity index (χ3v) is 3.59. The summed E-state index contributed by atoms with van der Waals surface area (Å²) in [5.74, 6) is 0.499. The fourth-order valence-corrected chi connectivity index (χ4v) is 2.26. The van der Waals surface area contributed by atoms with Crippen LogP contribution in [-0.4, -0.2) is 12.5 Å². The number of hydrogen-bond acceptors (Lipinski definition) is 3. The summed E-state index contributed by atoms with van der Waals surface area (Å²) in [7, 11) is 0. The van der Waals surface area contributed by atoms with E-state index in [1.807, 2.05) is 31.2 Å². The zero-order chi connectivity index (χ0) is 19.0. The first kappa shape index (κ1) is 19.6. The molecule has 2 aromatic rings. The number of unbranched alkanes of at least 4 members (excludes halogenated alkanes) is 1. The molecule has 0 spiro atoms. The van der Waals surface area contributed by atoms with Crippen LogP contribution in [0.5, 0.6) is 5.75 Å². The molecule has 0 radical (unpaired) electrons. The van der Waals surface area contributed by atoms with Crippen molar-refractivity contribution in [2.45, 2.75) is 32.4 Å². The number of benzene rings is 2. The van der Waals surface area contributed by atoms with Crippen molar-refractivity contribution in [3.63, 3.8) is 0 Å². The van der Waals surface area contributed by atoms with Crippen molar-refractivity contribution in [1.29, 1.82) is 0 Å². The quantitative estimate of drug-likeness (QED) is 0.526. The number of hydrogen-bond donors (Lipinski definition) is 2. The highest BCUT2D eigenvalue weighted by molar-refractivity contribution is 5.77. The van der Waals surface area contributed by atoms with E-state index in [1.165, 1.54) is 12.1 Å². The van der Waals surface area contributed by atoms with Gasteiger partial charge >= 0.3 is 6.18 Å². The van der Waals surface area contributed by atoms with Crippen LogP contribution in [0.3, 0.4) is 0 Å². The monoisotopic (exact) mass is 366 g/mol. The van der Waals surface area contributed by atoms with E-state index in [-0.39, 0.29) is 18.0 Å². The van der Waals surface area contributed by atoms with Gasteiger partial charge in [0.1, 0.15) is 5.75 Å². The van der Waals surface area contributed by atoms with E-state index in [0.29, 0.717) is 19.4 Å². The summed E-state index contributed by atoms with van der Waals surface area (Å²) >= 11 is 0. The highest BCUT2D eigenvalue weighted by Gasteiger charge is 2.30. The minimum Gasteiger partial charge on any atom is -0.494 e. The number of hydrazine groups is 1. The summed E-state index contributed by atoms with van der Waals surface area (Å²) in [5.41, 5.74) is 5.41. The molecule has 2 N–H and O–H groups in total. The van der Waals surface area contributed by atoms with Crippen LogP contribution in [0.2, 0.25) is 0 Å².